The van der Waals surface area contributed by atoms with Gasteiger partial charge in [0.15, 0.2) is 5.75 Å². The summed E-state index contributed by atoms with van der Waals surface area (Å²) in [7, 11) is 1.53. The molecule has 4 nitrogen and oxygen atoms in total. The van der Waals surface area contributed by atoms with E-state index in [0.29, 0.717) is 17.0 Å². The molecule has 1 aromatic carbocycles. The summed E-state index contributed by atoms with van der Waals surface area (Å²) in [4.78, 5) is 12.2. The Morgan fingerprint density at radius 3 is 2.71 bits per heavy atom. The van der Waals surface area contributed by atoms with Gasteiger partial charge in [-0.05, 0) is 37.3 Å². The van der Waals surface area contributed by atoms with Crippen LogP contribution in [-0.4, -0.2) is 18.6 Å². The van der Waals surface area contributed by atoms with Crippen molar-refractivity contribution in [2.45, 2.75) is 24.8 Å². The number of nitrogens with one attached hydrogen (secondary N) is 1. The number of para-hydroxylation sites is 1. The molecular weight excluding hydrogens is 216 g/mol. The molecule has 0 atom stereocenters. The number of nitrogen functional groups attached to an aromatic ring is 1. The van der Waals surface area contributed by atoms with Crippen LogP contribution in [0, 0.1) is 5.92 Å². The van der Waals surface area contributed by atoms with Gasteiger partial charge in [-0.25, -0.2) is 0 Å². The Morgan fingerprint density at radius 1 is 1.47 bits per heavy atom. The van der Waals surface area contributed by atoms with Gasteiger partial charge < -0.3 is 15.8 Å². The summed E-state index contributed by atoms with van der Waals surface area (Å²) in [5.74, 6) is 1.24. The standard InChI is InChI=1S/C13H16N2O2/c1-17-11-9(3-2-4-10(11)14)12(16)15-13-5-8(6-13)7-13/h2-4,8H,5-7,14H2,1H3,(H,15,16). The van der Waals surface area contributed by atoms with E-state index in [1.807, 2.05) is 0 Å². The highest BCUT2D eigenvalue weighted by atomic mass is 16.5. The van der Waals surface area contributed by atoms with Crippen LogP contribution in [0.3, 0.4) is 0 Å². The van der Waals surface area contributed by atoms with Crippen molar-refractivity contribution in [3.8, 4) is 5.75 Å². The molecule has 3 aliphatic rings. The van der Waals surface area contributed by atoms with E-state index in [0.717, 1.165) is 25.2 Å². The Balaban J connectivity index is 1.82. The SMILES string of the molecule is COc1c(N)cccc1C(=O)NC12CC(C1)C2. The number of methoxy groups -OCH3 is 1. The third kappa shape index (κ3) is 1.47. The van der Waals surface area contributed by atoms with Crippen molar-refractivity contribution in [1.82, 2.24) is 5.32 Å². The van der Waals surface area contributed by atoms with Crippen molar-refractivity contribution in [3.63, 3.8) is 0 Å². The number of ether oxygens (including phenoxy) is 1. The molecule has 4 heteroatoms. The van der Waals surface area contributed by atoms with Gasteiger partial charge in [0.1, 0.15) is 0 Å². The predicted octanol–water partition coefficient (Wildman–Crippen LogP) is 1.56. The summed E-state index contributed by atoms with van der Waals surface area (Å²) in [6, 6.07) is 5.25. The van der Waals surface area contributed by atoms with Crippen LogP contribution < -0.4 is 15.8 Å². The lowest BCUT2D eigenvalue weighted by Crippen LogP contribution is -2.68. The highest BCUT2D eigenvalue weighted by Gasteiger charge is 2.57. The first kappa shape index (κ1) is 10.4. The normalized spacial score (nSPS) is 28.9. The molecule has 3 aliphatic carbocycles. The zero-order valence-corrected chi connectivity index (χ0v) is 9.82. The minimum atomic E-state index is -0.0766. The predicted molar refractivity (Wildman–Crippen MR) is 64.9 cm³/mol. The number of nitrogens with two attached hydrogens (primary N) is 1. The smallest absolute Gasteiger partial charge is 0.255 e. The van der Waals surface area contributed by atoms with E-state index in [1.54, 1.807) is 18.2 Å². The van der Waals surface area contributed by atoms with Crippen LogP contribution in [0.25, 0.3) is 0 Å². The van der Waals surface area contributed by atoms with Crippen molar-refractivity contribution in [2.24, 2.45) is 5.92 Å². The van der Waals surface area contributed by atoms with Crippen molar-refractivity contribution in [1.29, 1.82) is 0 Å². The lowest BCUT2D eigenvalue weighted by Gasteiger charge is -2.61. The number of rotatable bonds is 3. The molecule has 0 saturated heterocycles. The topological polar surface area (TPSA) is 64.3 Å². The molecule has 2 bridgehead atoms. The molecule has 90 valence electrons. The van der Waals surface area contributed by atoms with Crippen molar-refractivity contribution >= 4 is 11.6 Å². The zero-order valence-electron chi connectivity index (χ0n) is 9.82. The quantitative estimate of drug-likeness (QED) is 0.777. The van der Waals surface area contributed by atoms with Crippen molar-refractivity contribution in [3.05, 3.63) is 23.8 Å². The molecule has 3 N–H and O–H groups in total. The van der Waals surface area contributed by atoms with E-state index >= 15 is 0 Å². The maximum Gasteiger partial charge on any atom is 0.255 e. The first-order chi connectivity index (χ1) is 8.13. The molecule has 0 radical (unpaired) electrons. The maximum absolute atomic E-state index is 12.2. The van der Waals surface area contributed by atoms with Gasteiger partial charge in [0, 0.05) is 5.54 Å². The number of anilines is 1. The van der Waals surface area contributed by atoms with E-state index < -0.39 is 0 Å². The van der Waals surface area contributed by atoms with E-state index in [1.165, 1.54) is 7.11 Å². The van der Waals surface area contributed by atoms with Gasteiger partial charge >= 0.3 is 0 Å². The number of carbonyl (C=O) groups excluding carboxylic acids is 1. The number of hydrogen-bond donors (Lipinski definition) is 2. The van der Waals surface area contributed by atoms with Gasteiger partial charge in [-0.1, -0.05) is 6.07 Å². The molecule has 3 fully saturated rings. The van der Waals surface area contributed by atoms with E-state index in [4.69, 9.17) is 10.5 Å². The maximum atomic E-state index is 12.2. The fourth-order valence-electron chi connectivity index (χ4n) is 2.90. The Labute approximate surface area is 100 Å². The Morgan fingerprint density at radius 2 is 2.18 bits per heavy atom. The van der Waals surface area contributed by atoms with Crippen LogP contribution in [0.2, 0.25) is 0 Å². The number of hydrogen-bond acceptors (Lipinski definition) is 3. The zero-order chi connectivity index (χ0) is 12.0. The van der Waals surface area contributed by atoms with E-state index in [9.17, 15) is 4.79 Å². The number of benzene rings is 1. The minimum absolute atomic E-state index is 0.0766. The minimum Gasteiger partial charge on any atom is -0.494 e. The first-order valence-corrected chi connectivity index (χ1v) is 5.88. The third-order valence-corrected chi connectivity index (χ3v) is 3.91. The second kappa shape index (κ2) is 3.39. The van der Waals surface area contributed by atoms with E-state index in [-0.39, 0.29) is 11.4 Å². The Bertz CT molecular complexity index is 467. The Kier molecular flexibility index (Phi) is 2.08. The summed E-state index contributed by atoms with van der Waals surface area (Å²) < 4.78 is 5.19. The van der Waals surface area contributed by atoms with Crippen molar-refractivity contribution < 1.29 is 9.53 Å². The molecule has 0 aliphatic heterocycles. The molecule has 0 aromatic heterocycles. The lowest BCUT2D eigenvalue weighted by atomic mass is 9.50. The van der Waals surface area contributed by atoms with Crippen LogP contribution in [0.15, 0.2) is 18.2 Å². The van der Waals surface area contributed by atoms with Crippen LogP contribution in [0.1, 0.15) is 29.6 Å². The average Bonchev–Trinajstić information content (AvgIpc) is 2.21. The summed E-state index contributed by atoms with van der Waals surface area (Å²) in [5, 5.41) is 3.10. The molecule has 0 spiro atoms. The van der Waals surface area contributed by atoms with Crippen LogP contribution in [0.4, 0.5) is 5.69 Å². The average molecular weight is 232 g/mol. The second-order valence-corrected chi connectivity index (χ2v) is 5.14. The van der Waals surface area contributed by atoms with Crippen LogP contribution in [0.5, 0.6) is 5.75 Å². The molecule has 4 rings (SSSR count). The number of amides is 1. The second-order valence-electron chi connectivity index (χ2n) is 5.14. The summed E-state index contributed by atoms with van der Waals surface area (Å²) in [5.41, 5.74) is 6.89. The van der Waals surface area contributed by atoms with Crippen molar-refractivity contribution in [2.75, 3.05) is 12.8 Å². The highest BCUT2D eigenvalue weighted by molar-refractivity contribution is 5.99. The number of carbonyl (C=O) groups is 1. The molecule has 0 unspecified atom stereocenters. The van der Waals surface area contributed by atoms with Gasteiger partial charge in [0.05, 0.1) is 18.4 Å². The summed E-state index contributed by atoms with van der Waals surface area (Å²) in [6.07, 6.45) is 3.39. The highest BCUT2D eigenvalue weighted by Crippen LogP contribution is 2.57. The third-order valence-electron chi connectivity index (χ3n) is 3.91. The molecule has 17 heavy (non-hydrogen) atoms. The molecule has 3 saturated carbocycles. The lowest BCUT2D eigenvalue weighted by molar-refractivity contribution is -0.0438. The molecule has 1 aromatic rings. The largest absolute Gasteiger partial charge is 0.494 e. The fourth-order valence-corrected chi connectivity index (χ4v) is 2.90. The first-order valence-electron chi connectivity index (χ1n) is 5.88. The van der Waals surface area contributed by atoms with Gasteiger partial charge in [-0.15, -0.1) is 0 Å². The van der Waals surface area contributed by atoms with E-state index in [2.05, 4.69) is 5.32 Å². The van der Waals surface area contributed by atoms with Gasteiger partial charge in [-0.3, -0.25) is 4.79 Å². The summed E-state index contributed by atoms with van der Waals surface area (Å²) >= 11 is 0. The molecule has 1 amide bonds. The monoisotopic (exact) mass is 232 g/mol. The van der Waals surface area contributed by atoms with Crippen LogP contribution in [-0.2, 0) is 0 Å². The summed E-state index contributed by atoms with van der Waals surface area (Å²) in [6.45, 7) is 0. The van der Waals surface area contributed by atoms with Crippen LogP contribution >= 0.6 is 0 Å². The molecule has 0 heterocycles. The van der Waals surface area contributed by atoms with Gasteiger partial charge in [-0.2, -0.15) is 0 Å². The Hall–Kier alpha value is -1.71. The molecular formula is C13H16N2O2. The van der Waals surface area contributed by atoms with Gasteiger partial charge in [0.25, 0.3) is 5.91 Å². The fraction of sp³-hybridized carbons (Fsp3) is 0.462. The van der Waals surface area contributed by atoms with Gasteiger partial charge in [0.2, 0.25) is 0 Å².